The number of piperazine rings is 1. The summed E-state index contributed by atoms with van der Waals surface area (Å²) in [6.07, 6.45) is 0. The Morgan fingerprint density at radius 1 is 1.39 bits per heavy atom. The molecule has 2 rings (SSSR count). The van der Waals surface area contributed by atoms with Crippen molar-refractivity contribution in [3.63, 3.8) is 0 Å². The lowest BCUT2D eigenvalue weighted by Gasteiger charge is -2.32. The summed E-state index contributed by atoms with van der Waals surface area (Å²) in [7, 11) is 3.48. The average Bonchev–Trinajstić information content (AvgIpc) is 2.72. The van der Waals surface area contributed by atoms with E-state index in [2.05, 4.69) is 27.4 Å². The third-order valence-electron chi connectivity index (χ3n) is 2.93. The Balaban J connectivity index is 2.00. The van der Waals surface area contributed by atoms with E-state index in [9.17, 15) is 4.79 Å². The topological polar surface area (TPSA) is 57.7 Å². The lowest BCUT2D eigenvalue weighted by atomic mass is 10.4. The van der Waals surface area contributed by atoms with Gasteiger partial charge in [0.15, 0.2) is 10.8 Å². The molecule has 1 aromatic heterocycles. The Morgan fingerprint density at radius 2 is 2.06 bits per heavy atom. The van der Waals surface area contributed by atoms with E-state index >= 15 is 0 Å². The molecule has 1 N–H and O–H groups in total. The summed E-state index contributed by atoms with van der Waals surface area (Å²) in [6.45, 7) is 5.83. The fourth-order valence-electron chi connectivity index (χ4n) is 1.78. The van der Waals surface area contributed by atoms with Crippen LogP contribution in [0.25, 0.3) is 0 Å². The summed E-state index contributed by atoms with van der Waals surface area (Å²) < 4.78 is 4.69. The van der Waals surface area contributed by atoms with Crippen LogP contribution in [0, 0.1) is 6.92 Å². The number of carbonyl (C=O) groups is 1. The zero-order chi connectivity index (χ0) is 13.1. The molecule has 0 aromatic carbocycles. The number of hydrogen-bond acceptors (Lipinski definition) is 7. The third-order valence-corrected chi connectivity index (χ3v) is 3.81. The zero-order valence-electron chi connectivity index (χ0n) is 10.9. The number of aromatic nitrogens is 1. The number of rotatable bonds is 3. The summed E-state index contributed by atoms with van der Waals surface area (Å²) in [5, 5.41) is 2.87. The van der Waals surface area contributed by atoms with Crippen LogP contribution in [0.15, 0.2) is 0 Å². The van der Waals surface area contributed by atoms with Gasteiger partial charge in [0, 0.05) is 31.1 Å². The molecule has 6 nitrogen and oxygen atoms in total. The van der Waals surface area contributed by atoms with Gasteiger partial charge in [-0.25, -0.2) is 14.8 Å². The van der Waals surface area contributed by atoms with Crippen molar-refractivity contribution in [2.75, 3.05) is 45.8 Å². The standard InChI is InChI=1S/C11H18N4O2S/c1-8-9(10(16)17-3)12-11(18-8)13-15-6-4-14(2)5-7-15/h4-7H2,1-3H3,(H,12,13). The van der Waals surface area contributed by atoms with Gasteiger partial charge in [0.2, 0.25) is 0 Å². The second-order valence-electron chi connectivity index (χ2n) is 4.32. The summed E-state index contributed by atoms with van der Waals surface area (Å²) >= 11 is 1.47. The van der Waals surface area contributed by atoms with Crippen LogP contribution in [-0.4, -0.2) is 61.2 Å². The summed E-state index contributed by atoms with van der Waals surface area (Å²) in [6, 6.07) is 0. The maximum Gasteiger partial charge on any atom is 0.357 e. The molecule has 0 amide bonds. The minimum Gasteiger partial charge on any atom is -0.464 e. The van der Waals surface area contributed by atoms with E-state index in [0.717, 1.165) is 36.2 Å². The normalized spacial score (nSPS) is 17.7. The minimum atomic E-state index is -0.379. The van der Waals surface area contributed by atoms with E-state index in [0.29, 0.717) is 5.69 Å². The number of carbonyl (C=O) groups excluding carboxylic acids is 1. The monoisotopic (exact) mass is 270 g/mol. The third kappa shape index (κ3) is 2.98. The first-order valence-corrected chi connectivity index (χ1v) is 6.67. The van der Waals surface area contributed by atoms with Crippen LogP contribution in [0.3, 0.4) is 0 Å². The van der Waals surface area contributed by atoms with Gasteiger partial charge in [-0.1, -0.05) is 0 Å². The van der Waals surface area contributed by atoms with Gasteiger partial charge in [0.1, 0.15) is 0 Å². The van der Waals surface area contributed by atoms with E-state index in [-0.39, 0.29) is 5.97 Å². The molecule has 100 valence electrons. The molecule has 0 bridgehead atoms. The van der Waals surface area contributed by atoms with Crippen LogP contribution in [0.1, 0.15) is 15.4 Å². The highest BCUT2D eigenvalue weighted by Crippen LogP contribution is 2.23. The van der Waals surface area contributed by atoms with Crippen molar-refractivity contribution in [1.29, 1.82) is 0 Å². The molecule has 7 heteroatoms. The molecule has 1 saturated heterocycles. The molecule has 0 saturated carbocycles. The quantitative estimate of drug-likeness (QED) is 0.820. The number of thiazole rings is 1. The highest BCUT2D eigenvalue weighted by molar-refractivity contribution is 7.15. The van der Waals surface area contributed by atoms with Crippen molar-refractivity contribution in [2.45, 2.75) is 6.92 Å². The lowest BCUT2D eigenvalue weighted by molar-refractivity contribution is 0.0594. The number of esters is 1. The van der Waals surface area contributed by atoms with Crippen molar-refractivity contribution in [1.82, 2.24) is 14.9 Å². The smallest absolute Gasteiger partial charge is 0.357 e. The molecule has 0 atom stereocenters. The van der Waals surface area contributed by atoms with E-state index in [1.807, 2.05) is 6.92 Å². The van der Waals surface area contributed by atoms with Gasteiger partial charge in [-0.05, 0) is 14.0 Å². The number of methoxy groups -OCH3 is 1. The zero-order valence-corrected chi connectivity index (χ0v) is 11.7. The highest BCUT2D eigenvalue weighted by atomic mass is 32.1. The fraction of sp³-hybridized carbons (Fsp3) is 0.636. The molecule has 18 heavy (non-hydrogen) atoms. The second kappa shape index (κ2) is 5.64. The molecule has 1 aliphatic heterocycles. The molecular formula is C11H18N4O2S. The first-order chi connectivity index (χ1) is 8.60. The molecule has 1 aliphatic rings. The summed E-state index contributed by atoms with van der Waals surface area (Å²) in [5.41, 5.74) is 3.65. The van der Waals surface area contributed by atoms with Gasteiger partial charge in [-0.15, -0.1) is 11.3 Å². The van der Waals surface area contributed by atoms with Crippen LogP contribution in [0.4, 0.5) is 5.13 Å². The first kappa shape index (κ1) is 13.3. The Kier molecular flexibility index (Phi) is 4.15. The fourth-order valence-corrected chi connectivity index (χ4v) is 2.61. The van der Waals surface area contributed by atoms with Crippen LogP contribution >= 0.6 is 11.3 Å². The first-order valence-electron chi connectivity index (χ1n) is 5.86. The average molecular weight is 270 g/mol. The predicted octanol–water partition coefficient (Wildman–Crippen LogP) is 0.812. The number of hydrogen-bond donors (Lipinski definition) is 1. The number of likely N-dealkylation sites (N-methyl/N-ethyl adjacent to an activating group) is 1. The number of hydrazine groups is 1. The van der Waals surface area contributed by atoms with Gasteiger partial charge in [-0.3, -0.25) is 5.43 Å². The van der Waals surface area contributed by atoms with Gasteiger partial charge in [0.25, 0.3) is 0 Å². The van der Waals surface area contributed by atoms with Gasteiger partial charge < -0.3 is 9.64 Å². The van der Waals surface area contributed by atoms with Crippen LogP contribution in [0.2, 0.25) is 0 Å². The van der Waals surface area contributed by atoms with Gasteiger partial charge >= 0.3 is 5.97 Å². The molecule has 0 spiro atoms. The number of anilines is 1. The SMILES string of the molecule is COC(=O)c1nc(NN2CCN(C)CC2)sc1C. The molecule has 2 heterocycles. The van der Waals surface area contributed by atoms with Crippen molar-refractivity contribution in [3.8, 4) is 0 Å². The minimum absolute atomic E-state index is 0.379. The molecule has 1 aromatic rings. The Hall–Kier alpha value is -1.18. The Morgan fingerprint density at radius 3 is 2.67 bits per heavy atom. The Bertz CT molecular complexity index is 427. The van der Waals surface area contributed by atoms with E-state index in [1.54, 1.807) is 0 Å². The molecule has 0 unspecified atom stereocenters. The van der Waals surface area contributed by atoms with E-state index < -0.39 is 0 Å². The van der Waals surface area contributed by atoms with Crippen molar-refractivity contribution < 1.29 is 9.53 Å². The predicted molar refractivity (Wildman–Crippen MR) is 70.9 cm³/mol. The lowest BCUT2D eigenvalue weighted by Crippen LogP contribution is -2.46. The van der Waals surface area contributed by atoms with E-state index in [1.165, 1.54) is 18.4 Å². The molecule has 0 radical (unpaired) electrons. The number of ether oxygens (including phenoxy) is 1. The van der Waals surface area contributed by atoms with Gasteiger partial charge in [0.05, 0.1) is 7.11 Å². The Labute approximate surface area is 111 Å². The summed E-state index contributed by atoms with van der Waals surface area (Å²) in [4.78, 5) is 18.9. The van der Waals surface area contributed by atoms with Gasteiger partial charge in [-0.2, -0.15) is 0 Å². The maximum absolute atomic E-state index is 11.5. The van der Waals surface area contributed by atoms with Crippen molar-refractivity contribution >= 4 is 22.4 Å². The van der Waals surface area contributed by atoms with Crippen LogP contribution in [-0.2, 0) is 4.74 Å². The van der Waals surface area contributed by atoms with Crippen molar-refractivity contribution in [2.24, 2.45) is 0 Å². The molecule has 0 aliphatic carbocycles. The van der Waals surface area contributed by atoms with Crippen molar-refractivity contribution in [3.05, 3.63) is 10.6 Å². The molecule has 1 fully saturated rings. The highest BCUT2D eigenvalue weighted by Gasteiger charge is 2.18. The number of nitrogens with zero attached hydrogens (tertiary/aromatic N) is 3. The number of nitrogens with one attached hydrogen (secondary N) is 1. The number of aryl methyl sites for hydroxylation is 1. The molecular weight excluding hydrogens is 252 g/mol. The van der Waals surface area contributed by atoms with Crippen LogP contribution in [0.5, 0.6) is 0 Å². The maximum atomic E-state index is 11.5. The largest absolute Gasteiger partial charge is 0.464 e. The summed E-state index contributed by atoms with van der Waals surface area (Å²) in [5.74, 6) is -0.379. The van der Waals surface area contributed by atoms with E-state index in [4.69, 9.17) is 4.74 Å². The second-order valence-corrected chi connectivity index (χ2v) is 5.52. The van der Waals surface area contributed by atoms with Crippen LogP contribution < -0.4 is 5.43 Å².